The summed E-state index contributed by atoms with van der Waals surface area (Å²) in [4.78, 5) is 33.6. The summed E-state index contributed by atoms with van der Waals surface area (Å²) in [6.45, 7) is 1.80. The zero-order valence-electron chi connectivity index (χ0n) is 11.6. The van der Waals surface area contributed by atoms with Gasteiger partial charge in [-0.05, 0) is 18.2 Å². The SMILES string of the molecule is O=C(c1ccc2nc[nH]c2c1)N1CCN(C(=O)C(Cl)Cl)CC1. The van der Waals surface area contributed by atoms with Crippen molar-refractivity contribution in [2.24, 2.45) is 0 Å². The minimum absolute atomic E-state index is 0.0584. The van der Waals surface area contributed by atoms with Gasteiger partial charge < -0.3 is 14.8 Å². The molecule has 8 heteroatoms. The molecule has 0 unspecified atom stereocenters. The summed E-state index contributed by atoms with van der Waals surface area (Å²) >= 11 is 11.2. The zero-order valence-corrected chi connectivity index (χ0v) is 13.1. The Bertz CT molecular complexity index is 708. The Kier molecular flexibility index (Phi) is 4.22. The molecular weight excluding hydrogens is 327 g/mol. The number of carbonyl (C=O) groups excluding carboxylic acids is 2. The summed E-state index contributed by atoms with van der Waals surface area (Å²) in [6, 6.07) is 5.36. The van der Waals surface area contributed by atoms with Crippen LogP contribution in [-0.2, 0) is 4.79 Å². The van der Waals surface area contributed by atoms with Crippen LogP contribution in [0.5, 0.6) is 0 Å². The van der Waals surface area contributed by atoms with Crippen LogP contribution < -0.4 is 0 Å². The number of aromatic amines is 1. The van der Waals surface area contributed by atoms with E-state index in [1.807, 2.05) is 6.07 Å². The molecule has 0 atom stereocenters. The van der Waals surface area contributed by atoms with Gasteiger partial charge in [0.05, 0.1) is 17.4 Å². The highest BCUT2D eigenvalue weighted by Crippen LogP contribution is 2.16. The molecule has 3 rings (SSSR count). The normalized spacial score (nSPS) is 15.6. The molecule has 1 saturated heterocycles. The molecule has 1 aromatic heterocycles. The van der Waals surface area contributed by atoms with Crippen molar-refractivity contribution in [1.82, 2.24) is 19.8 Å². The van der Waals surface area contributed by atoms with Crippen LogP contribution in [0, 0.1) is 0 Å². The van der Waals surface area contributed by atoms with Crippen LogP contribution >= 0.6 is 23.2 Å². The van der Waals surface area contributed by atoms with Crippen molar-refractivity contribution in [2.45, 2.75) is 4.84 Å². The van der Waals surface area contributed by atoms with E-state index in [-0.39, 0.29) is 11.8 Å². The van der Waals surface area contributed by atoms with Gasteiger partial charge in [-0.15, -0.1) is 0 Å². The fraction of sp³-hybridized carbons (Fsp3) is 0.357. The lowest BCUT2D eigenvalue weighted by molar-refractivity contribution is -0.130. The number of H-pyrrole nitrogens is 1. The molecule has 0 saturated carbocycles. The number of fused-ring (bicyclic) bond motifs is 1. The van der Waals surface area contributed by atoms with Gasteiger partial charge in [0.1, 0.15) is 0 Å². The van der Waals surface area contributed by atoms with Gasteiger partial charge in [-0.1, -0.05) is 23.2 Å². The first-order chi connectivity index (χ1) is 10.6. The van der Waals surface area contributed by atoms with Crippen molar-refractivity contribution in [1.29, 1.82) is 0 Å². The molecule has 1 fully saturated rings. The molecule has 116 valence electrons. The van der Waals surface area contributed by atoms with E-state index >= 15 is 0 Å². The smallest absolute Gasteiger partial charge is 0.255 e. The van der Waals surface area contributed by atoms with E-state index in [9.17, 15) is 9.59 Å². The van der Waals surface area contributed by atoms with E-state index in [1.54, 1.807) is 28.3 Å². The molecular formula is C14H14Cl2N4O2. The fourth-order valence-corrected chi connectivity index (χ4v) is 2.80. The number of carbonyl (C=O) groups is 2. The fourth-order valence-electron chi connectivity index (χ4n) is 2.52. The lowest BCUT2D eigenvalue weighted by Gasteiger charge is -2.35. The Morgan fingerprint density at radius 3 is 2.50 bits per heavy atom. The second kappa shape index (κ2) is 6.14. The third-order valence-electron chi connectivity index (χ3n) is 3.73. The number of nitrogens with zero attached hydrogens (tertiary/aromatic N) is 3. The third-order valence-corrected chi connectivity index (χ3v) is 4.11. The second-order valence-electron chi connectivity index (χ2n) is 5.05. The van der Waals surface area contributed by atoms with Crippen molar-refractivity contribution in [3.8, 4) is 0 Å². The Labute approximate surface area is 137 Å². The maximum Gasteiger partial charge on any atom is 0.255 e. The van der Waals surface area contributed by atoms with Crippen LogP contribution in [0.1, 0.15) is 10.4 Å². The number of hydrogen-bond acceptors (Lipinski definition) is 3. The largest absolute Gasteiger partial charge is 0.345 e. The second-order valence-corrected chi connectivity index (χ2v) is 6.15. The minimum Gasteiger partial charge on any atom is -0.345 e. The van der Waals surface area contributed by atoms with Crippen LogP contribution in [0.4, 0.5) is 0 Å². The molecule has 1 aromatic carbocycles. The number of benzene rings is 1. The number of nitrogens with one attached hydrogen (secondary N) is 1. The number of halogens is 2. The van der Waals surface area contributed by atoms with Crippen molar-refractivity contribution in [3.05, 3.63) is 30.1 Å². The van der Waals surface area contributed by atoms with Crippen molar-refractivity contribution in [3.63, 3.8) is 0 Å². The molecule has 22 heavy (non-hydrogen) atoms. The predicted molar refractivity (Wildman–Crippen MR) is 84.1 cm³/mol. The van der Waals surface area contributed by atoms with Gasteiger partial charge >= 0.3 is 0 Å². The lowest BCUT2D eigenvalue weighted by Crippen LogP contribution is -2.51. The number of piperazine rings is 1. The lowest BCUT2D eigenvalue weighted by atomic mass is 10.1. The van der Waals surface area contributed by atoms with Crippen LogP contribution in [-0.4, -0.2) is 62.6 Å². The maximum atomic E-state index is 12.5. The van der Waals surface area contributed by atoms with E-state index in [2.05, 4.69) is 9.97 Å². The average Bonchev–Trinajstić information content (AvgIpc) is 3.01. The first kappa shape index (κ1) is 15.1. The molecule has 6 nitrogen and oxygen atoms in total. The van der Waals surface area contributed by atoms with Gasteiger partial charge in [0.2, 0.25) is 0 Å². The molecule has 1 aliphatic rings. The summed E-state index contributed by atoms with van der Waals surface area (Å²) in [5.41, 5.74) is 2.25. The van der Waals surface area contributed by atoms with Crippen molar-refractivity contribution >= 4 is 46.0 Å². The summed E-state index contributed by atoms with van der Waals surface area (Å²) in [6.07, 6.45) is 1.60. The molecule has 2 aromatic rings. The Morgan fingerprint density at radius 2 is 1.82 bits per heavy atom. The van der Waals surface area contributed by atoms with E-state index in [0.717, 1.165) is 11.0 Å². The van der Waals surface area contributed by atoms with E-state index < -0.39 is 4.84 Å². The first-order valence-electron chi connectivity index (χ1n) is 6.85. The van der Waals surface area contributed by atoms with Gasteiger partial charge in [-0.2, -0.15) is 0 Å². The summed E-state index contributed by atoms with van der Waals surface area (Å²) in [5.74, 6) is -0.369. The molecule has 0 radical (unpaired) electrons. The van der Waals surface area contributed by atoms with Crippen LogP contribution in [0.3, 0.4) is 0 Å². The minimum atomic E-state index is -1.05. The number of imidazole rings is 1. The average molecular weight is 341 g/mol. The van der Waals surface area contributed by atoms with Crippen molar-refractivity contribution in [2.75, 3.05) is 26.2 Å². The number of hydrogen-bond donors (Lipinski definition) is 1. The molecule has 0 aliphatic carbocycles. The van der Waals surface area contributed by atoms with E-state index in [0.29, 0.717) is 31.7 Å². The standard InChI is InChI=1S/C14H14Cl2N4O2/c15-12(16)14(22)20-5-3-19(4-6-20)13(21)9-1-2-10-11(7-9)18-8-17-10/h1-2,7-8,12H,3-6H2,(H,17,18). The molecule has 2 heterocycles. The number of aromatic nitrogens is 2. The quantitative estimate of drug-likeness (QED) is 0.845. The highest BCUT2D eigenvalue weighted by Gasteiger charge is 2.27. The molecule has 1 aliphatic heterocycles. The monoisotopic (exact) mass is 340 g/mol. The van der Waals surface area contributed by atoms with Crippen LogP contribution in [0.15, 0.2) is 24.5 Å². The van der Waals surface area contributed by atoms with Crippen LogP contribution in [0.25, 0.3) is 11.0 Å². The molecule has 0 spiro atoms. The summed E-state index contributed by atoms with van der Waals surface area (Å²) < 4.78 is 0. The highest BCUT2D eigenvalue weighted by atomic mass is 35.5. The maximum absolute atomic E-state index is 12.5. The van der Waals surface area contributed by atoms with Crippen LogP contribution in [0.2, 0.25) is 0 Å². The van der Waals surface area contributed by atoms with Gasteiger partial charge in [0, 0.05) is 31.7 Å². The highest BCUT2D eigenvalue weighted by molar-refractivity contribution is 6.53. The van der Waals surface area contributed by atoms with E-state index in [1.165, 1.54) is 0 Å². The number of alkyl halides is 2. The molecule has 0 bridgehead atoms. The summed E-state index contributed by atoms with van der Waals surface area (Å²) in [7, 11) is 0. The van der Waals surface area contributed by atoms with E-state index in [4.69, 9.17) is 23.2 Å². The van der Waals surface area contributed by atoms with Gasteiger partial charge in [-0.3, -0.25) is 9.59 Å². The Morgan fingerprint density at radius 1 is 1.14 bits per heavy atom. The summed E-state index contributed by atoms with van der Waals surface area (Å²) in [5, 5.41) is 0. The first-order valence-corrected chi connectivity index (χ1v) is 7.73. The van der Waals surface area contributed by atoms with Gasteiger partial charge in [-0.25, -0.2) is 4.98 Å². The number of amides is 2. The molecule has 1 N–H and O–H groups in total. The topological polar surface area (TPSA) is 69.3 Å². The predicted octanol–water partition coefficient (Wildman–Crippen LogP) is 1.65. The van der Waals surface area contributed by atoms with Crippen molar-refractivity contribution < 1.29 is 9.59 Å². The van der Waals surface area contributed by atoms with Gasteiger partial charge in [0.15, 0.2) is 4.84 Å². The zero-order chi connectivity index (χ0) is 15.7. The van der Waals surface area contributed by atoms with Gasteiger partial charge in [0.25, 0.3) is 11.8 Å². The molecule has 2 amide bonds. The Hall–Kier alpha value is -1.79. The Balaban J connectivity index is 1.68. The third kappa shape index (κ3) is 2.89. The number of rotatable bonds is 2.